The molecule has 2 bridgehead atoms. The average molecular weight is 298 g/mol. The lowest BCUT2D eigenvalue weighted by Gasteiger charge is -2.38. The second-order valence-electron chi connectivity index (χ2n) is 7.10. The van der Waals surface area contributed by atoms with E-state index in [0.717, 1.165) is 6.42 Å². The molecule has 4 heteroatoms. The van der Waals surface area contributed by atoms with Gasteiger partial charge in [-0.05, 0) is 43.9 Å². The van der Waals surface area contributed by atoms with E-state index in [1.165, 1.54) is 18.9 Å². The number of esters is 1. The number of hydrogen-bond acceptors (Lipinski definition) is 4. The second-order valence-corrected chi connectivity index (χ2v) is 7.10. The number of carbonyl (C=O) groups is 1. The molecule has 0 aromatic heterocycles. The summed E-state index contributed by atoms with van der Waals surface area (Å²) in [7, 11) is 0. The predicted molar refractivity (Wildman–Crippen MR) is 82.7 cm³/mol. The number of rotatable bonds is 4. The van der Waals surface area contributed by atoms with Crippen molar-refractivity contribution in [2.45, 2.75) is 65.6 Å². The van der Waals surface area contributed by atoms with Gasteiger partial charge in [0, 0.05) is 18.1 Å². The van der Waals surface area contributed by atoms with Crippen LogP contribution in [-0.2, 0) is 9.53 Å². The summed E-state index contributed by atoms with van der Waals surface area (Å²) in [5.41, 5.74) is 0.468. The minimum Gasteiger partial charge on any atom is -0.459 e. The van der Waals surface area contributed by atoms with Gasteiger partial charge in [0.15, 0.2) is 0 Å². The SMILES string of the molecule is C=CC(=O)OC1C[C@H]2CC[C@@]1(C)C2(C)C.CC(O)CCO. The summed E-state index contributed by atoms with van der Waals surface area (Å²) in [6.07, 6.45) is 4.99. The van der Waals surface area contributed by atoms with E-state index < -0.39 is 0 Å². The third-order valence-electron chi connectivity index (χ3n) is 5.69. The van der Waals surface area contributed by atoms with Gasteiger partial charge in [-0.3, -0.25) is 0 Å². The highest BCUT2D eigenvalue weighted by Gasteiger charge is 2.62. The maximum atomic E-state index is 11.3. The monoisotopic (exact) mass is 298 g/mol. The molecule has 4 atom stereocenters. The van der Waals surface area contributed by atoms with Gasteiger partial charge in [-0.1, -0.05) is 27.4 Å². The van der Waals surface area contributed by atoms with E-state index in [0.29, 0.717) is 17.8 Å². The number of fused-ring (bicyclic) bond motifs is 2. The fourth-order valence-corrected chi connectivity index (χ4v) is 3.68. The molecule has 2 N–H and O–H groups in total. The topological polar surface area (TPSA) is 66.8 Å². The molecule has 0 heterocycles. The van der Waals surface area contributed by atoms with Gasteiger partial charge in [0.2, 0.25) is 0 Å². The van der Waals surface area contributed by atoms with Crippen molar-refractivity contribution in [3.8, 4) is 0 Å². The van der Waals surface area contributed by atoms with E-state index in [1.807, 2.05) is 0 Å². The molecule has 0 radical (unpaired) electrons. The van der Waals surface area contributed by atoms with Gasteiger partial charge < -0.3 is 14.9 Å². The van der Waals surface area contributed by atoms with Crippen molar-refractivity contribution >= 4 is 5.97 Å². The predicted octanol–water partition coefficient (Wildman–Crippen LogP) is 2.68. The van der Waals surface area contributed by atoms with Crippen LogP contribution < -0.4 is 0 Å². The largest absolute Gasteiger partial charge is 0.459 e. The first-order chi connectivity index (χ1) is 9.68. The Hall–Kier alpha value is -0.870. The van der Waals surface area contributed by atoms with Gasteiger partial charge >= 0.3 is 5.97 Å². The minimum absolute atomic E-state index is 0.0810. The maximum Gasteiger partial charge on any atom is 0.330 e. The van der Waals surface area contributed by atoms with Crippen LogP contribution >= 0.6 is 0 Å². The summed E-state index contributed by atoms with van der Waals surface area (Å²) in [4.78, 5) is 11.3. The number of carbonyl (C=O) groups excluding carboxylic acids is 1. The zero-order valence-electron chi connectivity index (χ0n) is 13.8. The highest BCUT2D eigenvalue weighted by atomic mass is 16.5. The van der Waals surface area contributed by atoms with E-state index in [-0.39, 0.29) is 30.2 Å². The third-order valence-corrected chi connectivity index (χ3v) is 5.69. The Balaban J connectivity index is 0.000000315. The van der Waals surface area contributed by atoms with Crippen molar-refractivity contribution in [1.82, 2.24) is 0 Å². The molecule has 2 saturated carbocycles. The lowest BCUT2D eigenvalue weighted by atomic mass is 9.70. The molecule has 0 aromatic rings. The van der Waals surface area contributed by atoms with E-state index in [4.69, 9.17) is 14.9 Å². The molecule has 0 saturated heterocycles. The van der Waals surface area contributed by atoms with E-state index in [9.17, 15) is 4.79 Å². The summed E-state index contributed by atoms with van der Waals surface area (Å²) in [5.74, 6) is 0.440. The second kappa shape index (κ2) is 6.93. The summed E-state index contributed by atoms with van der Waals surface area (Å²) in [6, 6.07) is 0. The molecule has 21 heavy (non-hydrogen) atoms. The fourth-order valence-electron chi connectivity index (χ4n) is 3.68. The molecule has 0 aromatic carbocycles. The summed E-state index contributed by atoms with van der Waals surface area (Å²) in [5, 5.41) is 16.5. The van der Waals surface area contributed by atoms with Gasteiger partial charge in [0.25, 0.3) is 0 Å². The van der Waals surface area contributed by atoms with Crippen molar-refractivity contribution in [3.05, 3.63) is 12.7 Å². The maximum absolute atomic E-state index is 11.3. The highest BCUT2D eigenvalue weighted by molar-refractivity contribution is 5.81. The Bertz CT molecular complexity index is 375. The molecule has 0 amide bonds. The Morgan fingerprint density at radius 1 is 1.48 bits per heavy atom. The summed E-state index contributed by atoms with van der Waals surface area (Å²) in [6.45, 7) is 12.1. The van der Waals surface area contributed by atoms with Crippen LogP contribution in [0.5, 0.6) is 0 Å². The van der Waals surface area contributed by atoms with E-state index >= 15 is 0 Å². The van der Waals surface area contributed by atoms with Crippen molar-refractivity contribution < 1.29 is 19.7 Å². The highest BCUT2D eigenvalue weighted by Crippen LogP contribution is 2.66. The molecular weight excluding hydrogens is 268 g/mol. The molecule has 122 valence electrons. The molecule has 2 fully saturated rings. The van der Waals surface area contributed by atoms with Gasteiger partial charge in [-0.25, -0.2) is 4.79 Å². The Morgan fingerprint density at radius 3 is 2.38 bits per heavy atom. The lowest BCUT2D eigenvalue weighted by Crippen LogP contribution is -2.38. The lowest BCUT2D eigenvalue weighted by molar-refractivity contribution is -0.150. The fraction of sp³-hybridized carbons (Fsp3) is 0.824. The quantitative estimate of drug-likeness (QED) is 0.618. The van der Waals surface area contributed by atoms with Crippen molar-refractivity contribution in [2.24, 2.45) is 16.7 Å². The van der Waals surface area contributed by atoms with Gasteiger partial charge in [-0.2, -0.15) is 0 Å². The number of aliphatic hydroxyl groups excluding tert-OH is 2. The molecule has 0 aliphatic heterocycles. The van der Waals surface area contributed by atoms with Gasteiger partial charge in [0.05, 0.1) is 6.10 Å². The normalized spacial score (nSPS) is 33.8. The minimum atomic E-state index is -0.352. The molecular formula is C17H30O4. The van der Waals surface area contributed by atoms with Crippen LogP contribution in [0.15, 0.2) is 12.7 Å². The van der Waals surface area contributed by atoms with Crippen molar-refractivity contribution in [2.75, 3.05) is 6.61 Å². The summed E-state index contributed by atoms with van der Waals surface area (Å²) >= 11 is 0. The zero-order chi connectivity index (χ0) is 16.3. The molecule has 4 nitrogen and oxygen atoms in total. The van der Waals surface area contributed by atoms with Crippen LogP contribution in [0, 0.1) is 16.7 Å². The summed E-state index contributed by atoms with van der Waals surface area (Å²) < 4.78 is 5.48. The van der Waals surface area contributed by atoms with Crippen LogP contribution in [0.4, 0.5) is 0 Å². The van der Waals surface area contributed by atoms with Gasteiger partial charge in [-0.15, -0.1) is 0 Å². The molecule has 2 rings (SSSR count). The standard InChI is InChI=1S/C13H20O2.C4H10O2/c1-5-11(14)15-10-8-9-6-7-13(10,4)12(9,2)3;1-4(6)2-3-5/h5,9-10H,1,6-8H2,2-4H3;4-6H,2-3H2,1H3/t9-,10?,13-;/m1./s1. The Morgan fingerprint density at radius 2 is 2.10 bits per heavy atom. The van der Waals surface area contributed by atoms with Crippen LogP contribution in [0.2, 0.25) is 0 Å². The van der Waals surface area contributed by atoms with E-state index in [2.05, 4.69) is 27.4 Å². The number of hydrogen-bond donors (Lipinski definition) is 2. The average Bonchev–Trinajstić information content (AvgIpc) is 2.72. The third kappa shape index (κ3) is 3.67. The van der Waals surface area contributed by atoms with Crippen molar-refractivity contribution in [1.29, 1.82) is 0 Å². The zero-order valence-corrected chi connectivity index (χ0v) is 13.8. The first-order valence-electron chi connectivity index (χ1n) is 7.81. The van der Waals surface area contributed by atoms with Crippen LogP contribution in [0.1, 0.15) is 53.4 Å². The van der Waals surface area contributed by atoms with Crippen LogP contribution in [0.25, 0.3) is 0 Å². The van der Waals surface area contributed by atoms with Crippen LogP contribution in [0.3, 0.4) is 0 Å². The molecule has 2 unspecified atom stereocenters. The smallest absolute Gasteiger partial charge is 0.330 e. The van der Waals surface area contributed by atoms with E-state index in [1.54, 1.807) is 6.92 Å². The number of ether oxygens (including phenoxy) is 1. The van der Waals surface area contributed by atoms with Crippen LogP contribution in [-0.4, -0.2) is 35.0 Å². The Labute approximate surface area is 128 Å². The first-order valence-corrected chi connectivity index (χ1v) is 7.81. The number of aliphatic hydroxyl groups is 2. The Kier molecular flexibility index (Phi) is 6.00. The van der Waals surface area contributed by atoms with Crippen molar-refractivity contribution in [3.63, 3.8) is 0 Å². The first kappa shape index (κ1) is 18.2. The molecule has 2 aliphatic rings. The molecule has 2 aliphatic carbocycles. The van der Waals surface area contributed by atoms with Gasteiger partial charge in [0.1, 0.15) is 6.10 Å². The molecule has 0 spiro atoms.